The van der Waals surface area contributed by atoms with Gasteiger partial charge in [-0.15, -0.1) is 0 Å². The van der Waals surface area contributed by atoms with E-state index in [0.717, 1.165) is 41.5 Å². The van der Waals surface area contributed by atoms with Gasteiger partial charge >= 0.3 is 0 Å². The molecule has 2 aromatic rings. The molecule has 0 spiro atoms. The van der Waals surface area contributed by atoms with Crippen molar-refractivity contribution in [3.05, 3.63) is 56.6 Å². The molecule has 0 aromatic heterocycles. The Hall–Kier alpha value is -1.38. The van der Waals surface area contributed by atoms with Crippen molar-refractivity contribution in [1.29, 1.82) is 0 Å². The molecule has 2 nitrogen and oxygen atoms in total. The zero-order valence-electron chi connectivity index (χ0n) is 12.3. The minimum absolute atomic E-state index is 0.613. The summed E-state index contributed by atoms with van der Waals surface area (Å²) in [5.74, 6) is 0. The van der Waals surface area contributed by atoms with E-state index in [0.29, 0.717) is 21.4 Å². The number of nitrogen functional groups attached to an aromatic ring is 2. The summed E-state index contributed by atoms with van der Waals surface area (Å²) in [7, 11) is 0. The van der Waals surface area contributed by atoms with Crippen LogP contribution in [0.4, 0.5) is 11.4 Å². The summed E-state index contributed by atoms with van der Waals surface area (Å²) in [6.07, 6.45) is 2.49. The number of nitrogens with two attached hydrogens (primary N) is 2. The molecular formula is C17H20Cl2N2. The average Bonchev–Trinajstić information content (AvgIpc) is 2.46. The molecule has 0 radical (unpaired) electrons. The van der Waals surface area contributed by atoms with Crippen LogP contribution < -0.4 is 11.5 Å². The molecule has 0 saturated heterocycles. The number of hydrogen-bond donors (Lipinski definition) is 2. The highest BCUT2D eigenvalue weighted by Crippen LogP contribution is 2.29. The van der Waals surface area contributed by atoms with Gasteiger partial charge in [0.2, 0.25) is 0 Å². The molecule has 0 atom stereocenters. The van der Waals surface area contributed by atoms with Crippen LogP contribution in [0, 0.1) is 0 Å². The summed E-state index contributed by atoms with van der Waals surface area (Å²) >= 11 is 12.4. The molecule has 0 aliphatic carbocycles. The Kier molecular flexibility index (Phi) is 5.02. The smallest absolute Gasteiger partial charge is 0.0641 e. The molecule has 0 heterocycles. The number of rotatable bonds is 4. The fourth-order valence-corrected chi connectivity index (χ4v) is 3.02. The summed E-state index contributed by atoms with van der Waals surface area (Å²) in [5, 5.41) is 1.23. The van der Waals surface area contributed by atoms with Gasteiger partial charge in [0.05, 0.1) is 21.4 Å². The van der Waals surface area contributed by atoms with Gasteiger partial charge in [0.25, 0.3) is 0 Å². The summed E-state index contributed by atoms with van der Waals surface area (Å²) < 4.78 is 0. The lowest BCUT2D eigenvalue weighted by atomic mass is 9.98. The summed E-state index contributed by atoms with van der Waals surface area (Å²) in [5.41, 5.74) is 17.7. The van der Waals surface area contributed by atoms with Crippen LogP contribution in [0.25, 0.3) is 0 Å². The van der Waals surface area contributed by atoms with Gasteiger partial charge in [-0.05, 0) is 53.6 Å². The second-order valence-electron chi connectivity index (χ2n) is 5.18. The van der Waals surface area contributed by atoms with Gasteiger partial charge in [0.15, 0.2) is 0 Å². The largest absolute Gasteiger partial charge is 0.397 e. The van der Waals surface area contributed by atoms with Crippen molar-refractivity contribution in [2.45, 2.75) is 33.1 Å². The second kappa shape index (κ2) is 6.59. The molecule has 4 heteroatoms. The highest BCUT2D eigenvalue weighted by atomic mass is 35.5. The molecule has 21 heavy (non-hydrogen) atoms. The summed E-state index contributed by atoms with van der Waals surface area (Å²) in [6, 6.07) is 8.06. The third kappa shape index (κ3) is 3.45. The topological polar surface area (TPSA) is 52.0 Å². The molecular weight excluding hydrogens is 303 g/mol. The van der Waals surface area contributed by atoms with Crippen LogP contribution in [-0.2, 0) is 19.3 Å². The van der Waals surface area contributed by atoms with Crippen LogP contribution in [0.5, 0.6) is 0 Å². The van der Waals surface area contributed by atoms with Crippen LogP contribution >= 0.6 is 23.2 Å². The van der Waals surface area contributed by atoms with Crippen molar-refractivity contribution < 1.29 is 0 Å². The lowest BCUT2D eigenvalue weighted by Gasteiger charge is -2.12. The van der Waals surface area contributed by atoms with Crippen LogP contribution in [0.2, 0.25) is 10.0 Å². The molecule has 0 unspecified atom stereocenters. The predicted octanol–water partition coefficient (Wildman–Crippen LogP) is 4.87. The maximum atomic E-state index is 6.21. The predicted molar refractivity (Wildman–Crippen MR) is 93.3 cm³/mol. The Labute approximate surface area is 136 Å². The fourth-order valence-electron chi connectivity index (χ4n) is 2.50. The van der Waals surface area contributed by atoms with Gasteiger partial charge in [-0.25, -0.2) is 0 Å². The maximum Gasteiger partial charge on any atom is 0.0641 e. The molecule has 0 aliphatic heterocycles. The van der Waals surface area contributed by atoms with Crippen molar-refractivity contribution in [2.24, 2.45) is 0 Å². The molecule has 0 aliphatic rings. The highest BCUT2D eigenvalue weighted by Gasteiger charge is 2.09. The highest BCUT2D eigenvalue weighted by molar-refractivity contribution is 6.33. The van der Waals surface area contributed by atoms with Gasteiger partial charge in [-0.2, -0.15) is 0 Å². The van der Waals surface area contributed by atoms with Crippen molar-refractivity contribution in [1.82, 2.24) is 0 Å². The first-order valence-electron chi connectivity index (χ1n) is 7.09. The average molecular weight is 323 g/mol. The van der Waals surface area contributed by atoms with Crippen LogP contribution in [0.3, 0.4) is 0 Å². The van der Waals surface area contributed by atoms with E-state index < -0.39 is 0 Å². The molecule has 0 fully saturated rings. The first-order valence-corrected chi connectivity index (χ1v) is 7.85. The lowest BCUT2D eigenvalue weighted by molar-refractivity contribution is 1.09. The number of benzene rings is 2. The van der Waals surface area contributed by atoms with E-state index >= 15 is 0 Å². The van der Waals surface area contributed by atoms with E-state index in [1.165, 1.54) is 0 Å². The normalized spacial score (nSPS) is 10.9. The standard InChI is InChI=1S/C17H20Cl2N2/c1-3-12-6-10(8-14(18)16(12)20)5-11-7-13(4-2)17(21)15(19)9-11/h6-9H,3-5,20-21H2,1-2H3. The van der Waals surface area contributed by atoms with E-state index in [1.807, 2.05) is 12.1 Å². The first kappa shape index (κ1) is 16.0. The monoisotopic (exact) mass is 322 g/mol. The first-order chi connectivity index (χ1) is 9.96. The van der Waals surface area contributed by atoms with E-state index in [2.05, 4.69) is 26.0 Å². The SMILES string of the molecule is CCc1cc(Cc2cc(Cl)c(N)c(CC)c2)cc(Cl)c1N. The zero-order chi connectivity index (χ0) is 15.6. The van der Waals surface area contributed by atoms with Crippen LogP contribution in [0.1, 0.15) is 36.1 Å². The Bertz CT molecular complexity index is 609. The van der Waals surface area contributed by atoms with Gasteiger partial charge in [-0.3, -0.25) is 0 Å². The number of aryl methyl sites for hydroxylation is 2. The number of halogens is 2. The van der Waals surface area contributed by atoms with Gasteiger partial charge < -0.3 is 11.5 Å². The van der Waals surface area contributed by atoms with E-state index in [1.54, 1.807) is 0 Å². The van der Waals surface area contributed by atoms with Crippen molar-refractivity contribution >= 4 is 34.6 Å². The Morgan fingerprint density at radius 1 is 0.762 bits per heavy atom. The third-order valence-electron chi connectivity index (χ3n) is 3.72. The van der Waals surface area contributed by atoms with E-state index in [9.17, 15) is 0 Å². The summed E-state index contributed by atoms with van der Waals surface area (Å²) in [6.45, 7) is 4.14. The summed E-state index contributed by atoms with van der Waals surface area (Å²) in [4.78, 5) is 0. The van der Waals surface area contributed by atoms with Crippen molar-refractivity contribution in [2.75, 3.05) is 11.5 Å². The molecule has 2 rings (SSSR count). The van der Waals surface area contributed by atoms with Crippen molar-refractivity contribution in [3.63, 3.8) is 0 Å². The molecule has 4 N–H and O–H groups in total. The Morgan fingerprint density at radius 2 is 1.14 bits per heavy atom. The lowest BCUT2D eigenvalue weighted by Crippen LogP contribution is -2.00. The number of anilines is 2. The maximum absolute atomic E-state index is 6.21. The van der Waals surface area contributed by atoms with Crippen molar-refractivity contribution in [3.8, 4) is 0 Å². The molecule has 0 amide bonds. The zero-order valence-corrected chi connectivity index (χ0v) is 13.9. The Morgan fingerprint density at radius 3 is 1.48 bits per heavy atom. The quantitative estimate of drug-likeness (QED) is 0.788. The van der Waals surface area contributed by atoms with Gasteiger partial charge in [0, 0.05) is 0 Å². The second-order valence-corrected chi connectivity index (χ2v) is 6.00. The van der Waals surface area contributed by atoms with E-state index in [4.69, 9.17) is 34.7 Å². The molecule has 112 valence electrons. The van der Waals surface area contributed by atoms with Crippen LogP contribution in [-0.4, -0.2) is 0 Å². The van der Waals surface area contributed by atoms with Gasteiger partial charge in [-0.1, -0.05) is 49.2 Å². The molecule has 2 aromatic carbocycles. The molecule has 0 saturated carbocycles. The number of hydrogen-bond acceptors (Lipinski definition) is 2. The molecule has 0 bridgehead atoms. The Balaban J connectivity index is 2.38. The fraction of sp³-hybridized carbons (Fsp3) is 0.294. The third-order valence-corrected chi connectivity index (χ3v) is 4.35. The minimum atomic E-state index is 0.613. The minimum Gasteiger partial charge on any atom is -0.397 e. The van der Waals surface area contributed by atoms with E-state index in [-0.39, 0.29) is 0 Å². The van der Waals surface area contributed by atoms with Gasteiger partial charge in [0.1, 0.15) is 0 Å². The van der Waals surface area contributed by atoms with Crippen LogP contribution in [0.15, 0.2) is 24.3 Å².